The molecule has 0 fully saturated rings. The smallest absolute Gasteiger partial charge is 0.243 e. The number of carbonyl (C=O) groups is 1. The lowest BCUT2D eigenvalue weighted by Gasteiger charge is -2.20. The maximum absolute atomic E-state index is 12.7. The first-order chi connectivity index (χ1) is 14.1. The molecule has 8 nitrogen and oxygen atoms in total. The second-order valence-electron chi connectivity index (χ2n) is 6.46. The van der Waals surface area contributed by atoms with Crippen LogP contribution in [-0.2, 0) is 14.8 Å². The molecule has 0 aliphatic heterocycles. The highest BCUT2D eigenvalue weighted by atomic mass is 35.5. The maximum atomic E-state index is 12.7. The predicted molar refractivity (Wildman–Crippen MR) is 114 cm³/mol. The largest absolute Gasteiger partial charge is 0.495 e. The van der Waals surface area contributed by atoms with Gasteiger partial charge in [0, 0.05) is 7.05 Å². The van der Waals surface area contributed by atoms with Crippen LogP contribution >= 0.6 is 11.6 Å². The number of likely N-dealkylation sites (N-methyl/N-ethyl adjacent to an activating group) is 1. The number of nitrogens with one attached hydrogen (secondary N) is 1. The van der Waals surface area contributed by atoms with Gasteiger partial charge in [0.1, 0.15) is 5.75 Å². The second kappa shape index (κ2) is 10.0. The third-order valence-corrected chi connectivity index (χ3v) is 6.58. The fraction of sp³-hybridized carbons (Fsp3) is 0.350. The highest BCUT2D eigenvalue weighted by Crippen LogP contribution is 2.30. The number of benzene rings is 2. The topological polar surface area (TPSA) is 94.2 Å². The monoisotopic (exact) mass is 456 g/mol. The average molecular weight is 457 g/mol. The molecule has 0 saturated carbocycles. The fourth-order valence-electron chi connectivity index (χ4n) is 2.77. The van der Waals surface area contributed by atoms with E-state index in [0.717, 1.165) is 9.87 Å². The minimum absolute atomic E-state index is 0.0310. The Kier molecular flexibility index (Phi) is 7.94. The van der Waals surface area contributed by atoms with Crippen LogP contribution in [0.25, 0.3) is 0 Å². The van der Waals surface area contributed by atoms with Gasteiger partial charge in [-0.2, -0.15) is 4.31 Å². The number of amides is 1. The standard InChI is InChI=1S/C20H25ClN2O6S/c1-13(14-6-8-18(28-4)19(10-14)29-5)22-20(24)12-23(2)30(25,26)15-7-9-17(27-3)16(21)11-15/h6-11,13H,12H2,1-5H3,(H,22,24). The Labute approximate surface area is 181 Å². The van der Waals surface area contributed by atoms with Crippen LogP contribution in [0.15, 0.2) is 41.3 Å². The highest BCUT2D eigenvalue weighted by Gasteiger charge is 2.24. The van der Waals surface area contributed by atoms with Crippen molar-refractivity contribution in [3.63, 3.8) is 0 Å². The predicted octanol–water partition coefficient (Wildman–Crippen LogP) is 2.86. The van der Waals surface area contributed by atoms with Crippen molar-refractivity contribution < 1.29 is 27.4 Å². The molecule has 2 rings (SSSR count). The molecule has 2 aromatic rings. The zero-order chi connectivity index (χ0) is 22.5. The summed E-state index contributed by atoms with van der Waals surface area (Å²) in [5, 5.41) is 2.95. The Hall–Kier alpha value is -2.49. The van der Waals surface area contributed by atoms with Gasteiger partial charge in [-0.15, -0.1) is 0 Å². The van der Waals surface area contributed by atoms with Crippen LogP contribution in [0, 0.1) is 0 Å². The van der Waals surface area contributed by atoms with E-state index in [9.17, 15) is 13.2 Å². The van der Waals surface area contributed by atoms with Gasteiger partial charge in [0.2, 0.25) is 15.9 Å². The molecule has 0 aromatic heterocycles. The van der Waals surface area contributed by atoms with Gasteiger partial charge < -0.3 is 19.5 Å². The van der Waals surface area contributed by atoms with E-state index in [0.29, 0.717) is 17.2 Å². The second-order valence-corrected chi connectivity index (χ2v) is 8.91. The zero-order valence-corrected chi connectivity index (χ0v) is 19.0. The van der Waals surface area contributed by atoms with Crippen molar-refractivity contribution in [2.24, 2.45) is 0 Å². The average Bonchev–Trinajstić information content (AvgIpc) is 2.72. The molecule has 1 N–H and O–H groups in total. The number of hydrogen-bond donors (Lipinski definition) is 1. The quantitative estimate of drug-likeness (QED) is 0.623. The molecule has 2 aromatic carbocycles. The van der Waals surface area contributed by atoms with Crippen LogP contribution in [0.4, 0.5) is 0 Å². The van der Waals surface area contributed by atoms with Crippen LogP contribution in [0.1, 0.15) is 18.5 Å². The van der Waals surface area contributed by atoms with Gasteiger partial charge in [-0.25, -0.2) is 8.42 Å². The number of sulfonamides is 1. The normalized spacial score (nSPS) is 12.4. The summed E-state index contributed by atoms with van der Waals surface area (Å²) in [7, 11) is 1.92. The minimum atomic E-state index is -3.91. The lowest BCUT2D eigenvalue weighted by atomic mass is 10.1. The van der Waals surface area contributed by atoms with Crippen molar-refractivity contribution >= 4 is 27.5 Å². The Morgan fingerprint density at radius 3 is 2.20 bits per heavy atom. The molecular formula is C20H25ClN2O6S. The third kappa shape index (κ3) is 5.35. The number of ether oxygens (including phenoxy) is 3. The molecule has 1 amide bonds. The van der Waals surface area contributed by atoms with Crippen LogP contribution < -0.4 is 19.5 Å². The van der Waals surface area contributed by atoms with Crippen molar-refractivity contribution in [1.29, 1.82) is 0 Å². The molecule has 30 heavy (non-hydrogen) atoms. The first kappa shape index (κ1) is 23.8. The van der Waals surface area contributed by atoms with E-state index in [4.69, 9.17) is 25.8 Å². The molecule has 10 heteroatoms. The van der Waals surface area contributed by atoms with Gasteiger partial charge in [0.05, 0.1) is 43.8 Å². The number of rotatable bonds is 9. The number of nitrogens with zero attached hydrogens (tertiary/aromatic N) is 1. The zero-order valence-electron chi connectivity index (χ0n) is 17.4. The fourth-order valence-corrected chi connectivity index (χ4v) is 4.24. The number of hydrogen-bond acceptors (Lipinski definition) is 6. The summed E-state index contributed by atoms with van der Waals surface area (Å²) in [6.45, 7) is 1.43. The Morgan fingerprint density at radius 2 is 1.63 bits per heavy atom. The lowest BCUT2D eigenvalue weighted by molar-refractivity contribution is -0.121. The highest BCUT2D eigenvalue weighted by molar-refractivity contribution is 7.89. The SMILES string of the molecule is COc1ccc(S(=O)(=O)N(C)CC(=O)NC(C)c2ccc(OC)c(OC)c2)cc1Cl. The molecule has 0 aliphatic rings. The van der Waals surface area contributed by atoms with E-state index in [-0.39, 0.29) is 22.5 Å². The molecule has 164 valence electrons. The van der Waals surface area contributed by atoms with Crippen LogP contribution in [-0.4, -0.2) is 53.6 Å². The number of carbonyl (C=O) groups excluding carboxylic acids is 1. The van der Waals surface area contributed by atoms with Crippen molar-refractivity contribution in [1.82, 2.24) is 9.62 Å². The first-order valence-corrected chi connectivity index (χ1v) is 10.8. The Morgan fingerprint density at radius 1 is 1.03 bits per heavy atom. The van der Waals surface area contributed by atoms with Gasteiger partial charge in [-0.1, -0.05) is 17.7 Å². The van der Waals surface area contributed by atoms with Gasteiger partial charge in [0.15, 0.2) is 11.5 Å². The van der Waals surface area contributed by atoms with Crippen molar-refractivity contribution in [3.8, 4) is 17.2 Å². The summed E-state index contributed by atoms with van der Waals surface area (Å²) in [6, 6.07) is 9.04. The molecule has 0 spiro atoms. The summed E-state index contributed by atoms with van der Waals surface area (Å²) in [5.41, 5.74) is 0.786. The lowest BCUT2D eigenvalue weighted by Crippen LogP contribution is -2.39. The van der Waals surface area contributed by atoms with Crippen LogP contribution in [0.3, 0.4) is 0 Å². The molecule has 0 bridgehead atoms. The first-order valence-electron chi connectivity index (χ1n) is 8.95. The molecule has 0 heterocycles. The van der Waals surface area contributed by atoms with Gasteiger partial charge in [-0.05, 0) is 42.8 Å². The summed E-state index contributed by atoms with van der Waals surface area (Å²) in [6.07, 6.45) is 0. The van der Waals surface area contributed by atoms with Crippen molar-refractivity contribution in [2.45, 2.75) is 17.9 Å². The van der Waals surface area contributed by atoms with Crippen molar-refractivity contribution in [2.75, 3.05) is 34.9 Å². The summed E-state index contributed by atoms with van der Waals surface area (Å²) in [5.74, 6) is 1.01. The molecule has 1 unspecified atom stereocenters. The van der Waals surface area contributed by atoms with Crippen molar-refractivity contribution in [3.05, 3.63) is 47.0 Å². The number of halogens is 1. The molecule has 0 saturated heterocycles. The Bertz CT molecular complexity index is 1010. The maximum Gasteiger partial charge on any atom is 0.243 e. The van der Waals surface area contributed by atoms with Gasteiger partial charge in [-0.3, -0.25) is 4.79 Å². The summed E-state index contributed by atoms with van der Waals surface area (Å²) >= 11 is 6.02. The minimum Gasteiger partial charge on any atom is -0.495 e. The summed E-state index contributed by atoms with van der Waals surface area (Å²) < 4.78 is 42.0. The van der Waals surface area contributed by atoms with E-state index < -0.39 is 15.9 Å². The third-order valence-electron chi connectivity index (χ3n) is 4.48. The molecule has 0 radical (unpaired) electrons. The van der Waals surface area contributed by atoms with E-state index >= 15 is 0 Å². The van der Waals surface area contributed by atoms with E-state index in [1.54, 1.807) is 25.1 Å². The van der Waals surface area contributed by atoms with E-state index in [2.05, 4.69) is 5.32 Å². The molecule has 1 atom stereocenters. The summed E-state index contributed by atoms with van der Waals surface area (Å²) in [4.78, 5) is 12.4. The van der Waals surface area contributed by atoms with Gasteiger partial charge in [0.25, 0.3) is 0 Å². The molecular weight excluding hydrogens is 432 g/mol. The van der Waals surface area contributed by atoms with Gasteiger partial charge >= 0.3 is 0 Å². The van der Waals surface area contributed by atoms with Crippen LogP contribution in [0.5, 0.6) is 17.2 Å². The van der Waals surface area contributed by atoms with Crippen LogP contribution in [0.2, 0.25) is 5.02 Å². The van der Waals surface area contributed by atoms with E-state index in [1.165, 1.54) is 46.6 Å². The Balaban J connectivity index is 2.08. The van der Waals surface area contributed by atoms with E-state index in [1.807, 2.05) is 0 Å². The molecule has 0 aliphatic carbocycles. The number of methoxy groups -OCH3 is 3.